The van der Waals surface area contributed by atoms with Crippen LogP contribution in [0.3, 0.4) is 0 Å². The van der Waals surface area contributed by atoms with Gasteiger partial charge in [0.05, 0.1) is 6.20 Å². The van der Waals surface area contributed by atoms with Crippen LogP contribution in [-0.2, 0) is 0 Å². The lowest BCUT2D eigenvalue weighted by Gasteiger charge is -2.28. The lowest BCUT2D eigenvalue weighted by Crippen LogP contribution is -2.34. The minimum Gasteiger partial charge on any atom is -0.370 e. The van der Waals surface area contributed by atoms with E-state index >= 15 is 0 Å². The van der Waals surface area contributed by atoms with Crippen LogP contribution in [0.15, 0.2) is 30.5 Å². The van der Waals surface area contributed by atoms with Crippen LogP contribution in [0.4, 0.5) is 23.4 Å². The molecule has 20 heavy (non-hydrogen) atoms. The van der Waals surface area contributed by atoms with E-state index in [0.717, 1.165) is 4.68 Å². The van der Waals surface area contributed by atoms with E-state index in [9.17, 15) is 17.6 Å². The normalized spacial score (nSPS) is 18.5. The summed E-state index contributed by atoms with van der Waals surface area (Å²) in [6, 6.07) is 3.96. The van der Waals surface area contributed by atoms with Crippen LogP contribution in [0.1, 0.15) is 12.5 Å². The van der Waals surface area contributed by atoms with Crippen LogP contribution >= 0.6 is 0 Å². The van der Waals surface area contributed by atoms with E-state index in [1.165, 1.54) is 30.5 Å². The molecule has 1 atom stereocenters. The van der Waals surface area contributed by atoms with Crippen LogP contribution in [-0.4, -0.2) is 22.5 Å². The first kappa shape index (κ1) is 13.0. The van der Waals surface area contributed by atoms with Gasteiger partial charge in [-0.15, -0.1) is 0 Å². The molecule has 0 bridgehead atoms. The zero-order valence-corrected chi connectivity index (χ0v) is 10.3. The molecule has 2 aromatic rings. The summed E-state index contributed by atoms with van der Waals surface area (Å²) in [5, 5.41) is 6.78. The molecule has 1 N–H and O–H groups in total. The Morgan fingerprint density at radius 1 is 1.20 bits per heavy atom. The predicted octanol–water partition coefficient (Wildman–Crippen LogP) is 3.61. The van der Waals surface area contributed by atoms with E-state index in [1.54, 1.807) is 0 Å². The predicted molar refractivity (Wildman–Crippen MR) is 65.8 cm³/mol. The molecule has 1 aromatic carbocycles. The minimum absolute atomic E-state index is 0.0545. The fraction of sp³-hybridized carbons (Fsp3) is 0.308. The van der Waals surface area contributed by atoms with Crippen molar-refractivity contribution in [3.05, 3.63) is 36.3 Å². The highest BCUT2D eigenvalue weighted by Crippen LogP contribution is 2.40. The van der Waals surface area contributed by atoms with Crippen LogP contribution in [0, 0.1) is 5.82 Å². The molecule has 0 fully saturated rings. The number of nitrogens with zero attached hydrogens (tertiary/aromatic N) is 2. The van der Waals surface area contributed by atoms with Crippen LogP contribution < -0.4 is 5.32 Å². The standard InChI is InChI=1S/C13H11F4N3/c14-9-3-1-8(2-4-9)10-7-19-20-11(13(15,16)17)5-6-18-12(10)20/h1-4,7,11,18H,5-6H2. The molecule has 7 heteroatoms. The Bertz CT molecular complexity index is 616. The van der Waals surface area contributed by atoms with E-state index in [4.69, 9.17) is 0 Å². The monoisotopic (exact) mass is 285 g/mol. The number of anilines is 1. The quantitative estimate of drug-likeness (QED) is 0.811. The van der Waals surface area contributed by atoms with Gasteiger partial charge in [0.2, 0.25) is 0 Å². The summed E-state index contributed by atoms with van der Waals surface area (Å²) in [7, 11) is 0. The Morgan fingerprint density at radius 3 is 2.55 bits per heavy atom. The molecule has 3 rings (SSSR count). The molecule has 0 spiro atoms. The van der Waals surface area contributed by atoms with Crippen LogP contribution in [0.25, 0.3) is 11.1 Å². The summed E-state index contributed by atoms with van der Waals surface area (Å²) in [4.78, 5) is 0. The van der Waals surface area contributed by atoms with Gasteiger partial charge in [-0.05, 0) is 24.1 Å². The van der Waals surface area contributed by atoms with Crippen molar-refractivity contribution in [2.75, 3.05) is 11.9 Å². The second kappa shape index (κ2) is 4.50. The molecule has 0 saturated carbocycles. The summed E-state index contributed by atoms with van der Waals surface area (Å²) in [5.41, 5.74) is 1.17. The highest BCUT2D eigenvalue weighted by molar-refractivity contribution is 5.75. The molecular formula is C13H11F4N3. The summed E-state index contributed by atoms with van der Waals surface area (Å²) in [5.74, 6) is -0.0684. The largest absolute Gasteiger partial charge is 0.410 e. The van der Waals surface area contributed by atoms with Crippen LogP contribution in [0.5, 0.6) is 0 Å². The van der Waals surface area contributed by atoms with Crippen molar-refractivity contribution in [1.29, 1.82) is 0 Å². The molecule has 0 radical (unpaired) electrons. The second-order valence-corrected chi connectivity index (χ2v) is 4.63. The molecule has 1 aliphatic rings. The summed E-state index contributed by atoms with van der Waals surface area (Å²) in [6.07, 6.45) is -3.01. The molecule has 1 unspecified atom stereocenters. The first-order valence-corrected chi connectivity index (χ1v) is 6.11. The van der Waals surface area contributed by atoms with E-state index in [0.29, 0.717) is 16.9 Å². The van der Waals surface area contributed by atoms with Crippen molar-refractivity contribution in [2.45, 2.75) is 18.6 Å². The molecule has 0 aliphatic carbocycles. The lowest BCUT2D eigenvalue weighted by molar-refractivity contribution is -0.171. The number of hydrogen-bond acceptors (Lipinski definition) is 2. The fourth-order valence-electron chi connectivity index (χ4n) is 2.37. The topological polar surface area (TPSA) is 29.9 Å². The molecular weight excluding hydrogens is 274 g/mol. The van der Waals surface area contributed by atoms with E-state index in [-0.39, 0.29) is 13.0 Å². The van der Waals surface area contributed by atoms with Gasteiger partial charge >= 0.3 is 6.18 Å². The molecule has 0 amide bonds. The molecule has 2 heterocycles. The van der Waals surface area contributed by atoms with Crippen molar-refractivity contribution in [3.63, 3.8) is 0 Å². The zero-order chi connectivity index (χ0) is 14.3. The Balaban J connectivity index is 2.04. The molecule has 1 aliphatic heterocycles. The third kappa shape index (κ3) is 2.13. The average Bonchev–Trinajstić information content (AvgIpc) is 2.82. The molecule has 0 saturated heterocycles. The van der Waals surface area contributed by atoms with E-state index in [2.05, 4.69) is 10.4 Å². The molecule has 1 aromatic heterocycles. The van der Waals surface area contributed by atoms with Crippen molar-refractivity contribution >= 4 is 5.82 Å². The lowest BCUT2D eigenvalue weighted by atomic mass is 10.1. The first-order valence-electron chi connectivity index (χ1n) is 6.11. The fourth-order valence-corrected chi connectivity index (χ4v) is 2.37. The number of fused-ring (bicyclic) bond motifs is 1. The maximum absolute atomic E-state index is 12.9. The summed E-state index contributed by atoms with van der Waals surface area (Å²) in [6.45, 7) is 0.226. The summed E-state index contributed by atoms with van der Waals surface area (Å²) < 4.78 is 52.7. The number of rotatable bonds is 1. The van der Waals surface area contributed by atoms with Gasteiger partial charge in [0.15, 0.2) is 6.04 Å². The van der Waals surface area contributed by atoms with Gasteiger partial charge in [-0.3, -0.25) is 0 Å². The maximum atomic E-state index is 12.9. The smallest absolute Gasteiger partial charge is 0.370 e. The van der Waals surface area contributed by atoms with E-state index < -0.39 is 18.0 Å². The second-order valence-electron chi connectivity index (χ2n) is 4.63. The highest BCUT2D eigenvalue weighted by Gasteiger charge is 2.44. The number of benzene rings is 1. The number of alkyl halides is 3. The van der Waals surface area contributed by atoms with Crippen molar-refractivity contribution in [2.24, 2.45) is 0 Å². The Morgan fingerprint density at radius 2 is 1.90 bits per heavy atom. The number of hydrogen-bond donors (Lipinski definition) is 1. The highest BCUT2D eigenvalue weighted by atomic mass is 19.4. The number of nitrogens with one attached hydrogen (secondary N) is 1. The third-order valence-electron chi connectivity index (χ3n) is 3.33. The Labute approximate surface area is 112 Å². The van der Waals surface area contributed by atoms with E-state index in [1.807, 2.05) is 0 Å². The van der Waals surface area contributed by atoms with Gasteiger partial charge < -0.3 is 5.32 Å². The zero-order valence-electron chi connectivity index (χ0n) is 10.3. The maximum Gasteiger partial charge on any atom is 0.410 e. The van der Waals surface area contributed by atoms with Gasteiger partial charge in [-0.1, -0.05) is 12.1 Å². The molecule has 106 valence electrons. The number of aromatic nitrogens is 2. The Hall–Kier alpha value is -2.05. The van der Waals surface area contributed by atoms with Gasteiger partial charge in [0.25, 0.3) is 0 Å². The van der Waals surface area contributed by atoms with Crippen molar-refractivity contribution in [3.8, 4) is 11.1 Å². The van der Waals surface area contributed by atoms with Gasteiger partial charge in [-0.2, -0.15) is 18.3 Å². The van der Waals surface area contributed by atoms with Crippen molar-refractivity contribution in [1.82, 2.24) is 9.78 Å². The van der Waals surface area contributed by atoms with Crippen molar-refractivity contribution < 1.29 is 17.6 Å². The summed E-state index contributed by atoms with van der Waals surface area (Å²) >= 11 is 0. The first-order chi connectivity index (χ1) is 9.47. The van der Waals surface area contributed by atoms with Gasteiger partial charge in [0, 0.05) is 12.1 Å². The minimum atomic E-state index is -4.33. The van der Waals surface area contributed by atoms with Gasteiger partial charge in [0.1, 0.15) is 11.6 Å². The van der Waals surface area contributed by atoms with Crippen LogP contribution in [0.2, 0.25) is 0 Å². The molecule has 3 nitrogen and oxygen atoms in total. The third-order valence-corrected chi connectivity index (χ3v) is 3.33. The Kier molecular flexibility index (Phi) is 2.92. The van der Waals surface area contributed by atoms with Gasteiger partial charge in [-0.25, -0.2) is 9.07 Å². The SMILES string of the molecule is Fc1ccc(-c2cnn3c2NCCC3C(F)(F)F)cc1. The average molecular weight is 285 g/mol. The number of halogens is 4.